The highest BCUT2D eigenvalue weighted by atomic mass is 127. The summed E-state index contributed by atoms with van der Waals surface area (Å²) >= 11 is 0. The van der Waals surface area contributed by atoms with Gasteiger partial charge in [-0.1, -0.05) is 0 Å². The average Bonchev–Trinajstić information content (AvgIpc) is 3.31. The summed E-state index contributed by atoms with van der Waals surface area (Å²) in [7, 11) is 1.82. The van der Waals surface area contributed by atoms with Crippen molar-refractivity contribution in [3.63, 3.8) is 0 Å². The summed E-state index contributed by atoms with van der Waals surface area (Å²) in [4.78, 5) is 4.55. The van der Waals surface area contributed by atoms with Crippen molar-refractivity contribution in [3.8, 4) is 0 Å². The lowest BCUT2D eigenvalue weighted by molar-refractivity contribution is 0.0671. The number of ether oxygens (including phenoxy) is 1. The molecule has 0 fully saturated rings. The summed E-state index contributed by atoms with van der Waals surface area (Å²) in [6.07, 6.45) is 6.77. The van der Waals surface area contributed by atoms with Gasteiger partial charge in [-0.15, -0.1) is 24.0 Å². The van der Waals surface area contributed by atoms with Crippen molar-refractivity contribution in [1.82, 2.24) is 20.4 Å². The van der Waals surface area contributed by atoms with E-state index in [0.717, 1.165) is 37.3 Å². The number of aryl methyl sites for hydroxylation is 1. The van der Waals surface area contributed by atoms with E-state index in [0.29, 0.717) is 19.1 Å². The Kier molecular flexibility index (Phi) is 11.2. The van der Waals surface area contributed by atoms with E-state index >= 15 is 0 Å². The van der Waals surface area contributed by atoms with Crippen molar-refractivity contribution >= 4 is 29.9 Å². The summed E-state index contributed by atoms with van der Waals surface area (Å²) < 4.78 is 12.4. The van der Waals surface area contributed by atoms with Gasteiger partial charge < -0.3 is 24.9 Å². The van der Waals surface area contributed by atoms with Gasteiger partial charge in [0.05, 0.1) is 19.0 Å². The number of hydrogen-bond acceptors (Lipinski definition) is 5. The van der Waals surface area contributed by atoms with Crippen LogP contribution in [0.5, 0.6) is 0 Å². The molecule has 1 unspecified atom stereocenters. The molecular weight excluding hydrogens is 473 g/mol. The van der Waals surface area contributed by atoms with Gasteiger partial charge in [-0.3, -0.25) is 4.68 Å². The molecule has 0 radical (unpaired) electrons. The first kappa shape index (κ1) is 24.4. The molecule has 0 aliphatic rings. The van der Waals surface area contributed by atoms with Crippen molar-refractivity contribution in [2.75, 3.05) is 32.8 Å². The molecule has 158 valence electrons. The van der Waals surface area contributed by atoms with Crippen molar-refractivity contribution in [1.29, 1.82) is 0 Å². The van der Waals surface area contributed by atoms with Crippen LogP contribution in [0.4, 0.5) is 0 Å². The normalized spacial score (nSPS) is 13.6. The van der Waals surface area contributed by atoms with E-state index in [1.807, 2.05) is 26.1 Å². The summed E-state index contributed by atoms with van der Waals surface area (Å²) in [5.74, 6) is 1.57. The number of halogens is 1. The second kappa shape index (κ2) is 12.8. The fourth-order valence-electron chi connectivity index (χ4n) is 2.48. The largest absolute Gasteiger partial charge is 0.469 e. The lowest BCUT2D eigenvalue weighted by Gasteiger charge is -2.20. The first-order chi connectivity index (χ1) is 13.0. The quantitative estimate of drug-likeness (QED) is 0.187. The Balaban J connectivity index is 0.00000392. The zero-order valence-electron chi connectivity index (χ0n) is 16.9. The molecular formula is C19H32IN5O3. The Morgan fingerprint density at radius 3 is 2.82 bits per heavy atom. The number of furan rings is 1. The SMILES string of the molecule is CCOCCCNC(=NCC(C)(O)c1cnn(C)c1)NCCc1ccco1.I. The van der Waals surface area contributed by atoms with E-state index in [1.165, 1.54) is 0 Å². The van der Waals surface area contributed by atoms with Gasteiger partial charge in [0.1, 0.15) is 11.4 Å². The Hall–Kier alpha value is -1.59. The van der Waals surface area contributed by atoms with Crippen LogP contribution in [0.15, 0.2) is 40.2 Å². The minimum Gasteiger partial charge on any atom is -0.469 e. The van der Waals surface area contributed by atoms with Gasteiger partial charge >= 0.3 is 0 Å². The standard InChI is InChI=1S/C19H31N5O3.HI/c1-4-26-11-6-9-20-18(21-10-8-17-7-5-12-27-17)22-15-19(2,25)16-13-23-24(3)14-16;/h5,7,12-14,25H,4,6,8-11,15H2,1-3H3,(H2,20,21,22);1H. The molecule has 28 heavy (non-hydrogen) atoms. The molecule has 2 heterocycles. The molecule has 1 atom stereocenters. The third kappa shape index (κ3) is 8.61. The van der Waals surface area contributed by atoms with Crippen molar-refractivity contribution in [3.05, 3.63) is 42.1 Å². The van der Waals surface area contributed by atoms with Crippen LogP contribution in [-0.2, 0) is 23.8 Å². The van der Waals surface area contributed by atoms with Gasteiger partial charge in [0.2, 0.25) is 0 Å². The van der Waals surface area contributed by atoms with Gasteiger partial charge in [-0.25, -0.2) is 4.99 Å². The zero-order valence-corrected chi connectivity index (χ0v) is 19.2. The third-order valence-electron chi connectivity index (χ3n) is 4.08. The van der Waals surface area contributed by atoms with Crippen LogP contribution in [0.3, 0.4) is 0 Å². The second-order valence-electron chi connectivity index (χ2n) is 6.57. The number of aliphatic imine (C=N–C) groups is 1. The number of hydrogen-bond donors (Lipinski definition) is 3. The third-order valence-corrected chi connectivity index (χ3v) is 4.08. The summed E-state index contributed by atoms with van der Waals surface area (Å²) in [5.41, 5.74) is -0.352. The van der Waals surface area contributed by atoms with Crippen LogP contribution in [0.1, 0.15) is 31.6 Å². The summed E-state index contributed by atoms with van der Waals surface area (Å²) in [5, 5.41) is 21.4. The van der Waals surface area contributed by atoms with Crippen LogP contribution in [-0.4, -0.2) is 53.7 Å². The van der Waals surface area contributed by atoms with Gasteiger partial charge in [-0.2, -0.15) is 5.10 Å². The molecule has 2 aromatic heterocycles. The number of guanidine groups is 1. The van der Waals surface area contributed by atoms with Gasteiger partial charge in [-0.05, 0) is 32.4 Å². The number of aliphatic hydroxyl groups is 1. The minimum absolute atomic E-state index is 0. The van der Waals surface area contributed by atoms with E-state index in [-0.39, 0.29) is 30.5 Å². The van der Waals surface area contributed by atoms with Crippen LogP contribution < -0.4 is 10.6 Å². The molecule has 0 aromatic carbocycles. The van der Waals surface area contributed by atoms with Crippen molar-refractivity contribution < 1.29 is 14.3 Å². The number of aromatic nitrogens is 2. The topological polar surface area (TPSA) is 96.8 Å². The molecule has 0 spiro atoms. The molecule has 0 saturated heterocycles. The van der Waals surface area contributed by atoms with Crippen molar-refractivity contribution in [2.45, 2.75) is 32.3 Å². The Morgan fingerprint density at radius 2 is 2.18 bits per heavy atom. The maximum Gasteiger partial charge on any atom is 0.191 e. The Morgan fingerprint density at radius 1 is 1.39 bits per heavy atom. The fraction of sp³-hybridized carbons (Fsp3) is 0.579. The van der Waals surface area contributed by atoms with Crippen LogP contribution in [0.25, 0.3) is 0 Å². The highest BCUT2D eigenvalue weighted by Crippen LogP contribution is 2.19. The van der Waals surface area contributed by atoms with Crippen LogP contribution in [0, 0.1) is 0 Å². The van der Waals surface area contributed by atoms with Crippen LogP contribution in [0.2, 0.25) is 0 Å². The fourth-order valence-corrected chi connectivity index (χ4v) is 2.48. The molecule has 2 aromatic rings. The molecule has 0 saturated carbocycles. The van der Waals surface area contributed by atoms with E-state index in [4.69, 9.17) is 9.15 Å². The van der Waals surface area contributed by atoms with Crippen LogP contribution >= 0.6 is 24.0 Å². The maximum absolute atomic E-state index is 10.7. The van der Waals surface area contributed by atoms with E-state index in [2.05, 4.69) is 20.7 Å². The highest BCUT2D eigenvalue weighted by Gasteiger charge is 2.24. The zero-order chi connectivity index (χ0) is 19.5. The number of nitrogens with zero attached hydrogens (tertiary/aromatic N) is 3. The second-order valence-corrected chi connectivity index (χ2v) is 6.57. The first-order valence-electron chi connectivity index (χ1n) is 9.35. The van der Waals surface area contributed by atoms with Gasteiger partial charge in [0, 0.05) is 51.5 Å². The minimum atomic E-state index is -1.09. The van der Waals surface area contributed by atoms with E-state index < -0.39 is 5.60 Å². The van der Waals surface area contributed by atoms with E-state index in [9.17, 15) is 5.11 Å². The maximum atomic E-state index is 10.7. The summed E-state index contributed by atoms with van der Waals surface area (Å²) in [6.45, 7) is 6.79. The molecule has 8 nitrogen and oxygen atoms in total. The predicted octanol–water partition coefficient (Wildman–Crippen LogP) is 2.04. The predicted molar refractivity (Wildman–Crippen MR) is 120 cm³/mol. The highest BCUT2D eigenvalue weighted by molar-refractivity contribution is 14.0. The first-order valence-corrected chi connectivity index (χ1v) is 9.35. The molecule has 9 heteroatoms. The monoisotopic (exact) mass is 505 g/mol. The molecule has 0 bridgehead atoms. The lowest BCUT2D eigenvalue weighted by atomic mass is 10.0. The van der Waals surface area contributed by atoms with Gasteiger partial charge in [0.15, 0.2) is 5.96 Å². The smallest absolute Gasteiger partial charge is 0.191 e. The van der Waals surface area contributed by atoms with Gasteiger partial charge in [0.25, 0.3) is 0 Å². The molecule has 0 aliphatic heterocycles. The molecule has 0 aliphatic carbocycles. The average molecular weight is 505 g/mol. The lowest BCUT2D eigenvalue weighted by Crippen LogP contribution is -2.40. The molecule has 2 rings (SSSR count). The molecule has 0 amide bonds. The molecule has 3 N–H and O–H groups in total. The number of rotatable bonds is 11. The Labute approximate surface area is 183 Å². The Bertz CT molecular complexity index is 686. The number of nitrogens with one attached hydrogen (secondary N) is 2. The van der Waals surface area contributed by atoms with Crippen molar-refractivity contribution in [2.24, 2.45) is 12.0 Å². The summed E-state index contributed by atoms with van der Waals surface area (Å²) in [6, 6.07) is 3.82. The van der Waals surface area contributed by atoms with E-state index in [1.54, 1.807) is 30.3 Å².